The van der Waals surface area contributed by atoms with Gasteiger partial charge in [-0.25, -0.2) is 0 Å². The van der Waals surface area contributed by atoms with Crippen LogP contribution in [-0.4, -0.2) is 16.6 Å². The summed E-state index contributed by atoms with van der Waals surface area (Å²) in [7, 11) is 0. The van der Waals surface area contributed by atoms with E-state index >= 15 is 0 Å². The highest BCUT2D eigenvalue weighted by molar-refractivity contribution is 7.98. The van der Waals surface area contributed by atoms with E-state index in [1.807, 2.05) is 11.8 Å². The van der Waals surface area contributed by atoms with Crippen LogP contribution in [0.5, 0.6) is 5.75 Å². The highest BCUT2D eigenvalue weighted by atomic mass is 32.2. The van der Waals surface area contributed by atoms with Gasteiger partial charge >= 0.3 is 0 Å². The molecule has 0 fully saturated rings. The number of aromatic hydroxyl groups is 1. The SMILES string of the molecule is CCCCCCCCSCc1cc(CC)c(O)c(CSCCCCCCCC)c1. The maximum atomic E-state index is 10.6. The van der Waals surface area contributed by atoms with Gasteiger partial charge in [-0.15, -0.1) is 0 Å². The first-order valence-electron chi connectivity index (χ1n) is 12.2. The Bertz CT molecular complexity index is 516. The molecule has 0 atom stereocenters. The third-order valence-electron chi connectivity index (χ3n) is 5.52. The van der Waals surface area contributed by atoms with Crippen molar-refractivity contribution < 1.29 is 5.11 Å². The fourth-order valence-electron chi connectivity index (χ4n) is 3.64. The fourth-order valence-corrected chi connectivity index (χ4v) is 5.58. The van der Waals surface area contributed by atoms with Crippen LogP contribution < -0.4 is 0 Å². The molecule has 0 unspecified atom stereocenters. The lowest BCUT2D eigenvalue weighted by Gasteiger charge is -2.12. The van der Waals surface area contributed by atoms with Gasteiger partial charge in [0.15, 0.2) is 0 Å². The molecule has 0 spiro atoms. The van der Waals surface area contributed by atoms with Gasteiger partial charge < -0.3 is 5.11 Å². The van der Waals surface area contributed by atoms with Crippen LogP contribution in [0.2, 0.25) is 0 Å². The third-order valence-corrected chi connectivity index (χ3v) is 7.73. The lowest BCUT2D eigenvalue weighted by Crippen LogP contribution is -1.94. The van der Waals surface area contributed by atoms with Gasteiger partial charge in [0.1, 0.15) is 5.75 Å². The molecule has 1 rings (SSSR count). The Morgan fingerprint density at radius 2 is 1.10 bits per heavy atom. The van der Waals surface area contributed by atoms with E-state index in [0.29, 0.717) is 5.75 Å². The van der Waals surface area contributed by atoms with Crippen molar-refractivity contribution in [2.45, 2.75) is 116 Å². The van der Waals surface area contributed by atoms with Gasteiger partial charge in [0, 0.05) is 17.1 Å². The van der Waals surface area contributed by atoms with Crippen molar-refractivity contribution in [3.8, 4) is 5.75 Å². The second-order valence-electron chi connectivity index (χ2n) is 8.26. The molecule has 1 N–H and O–H groups in total. The van der Waals surface area contributed by atoms with Gasteiger partial charge in [-0.2, -0.15) is 23.5 Å². The number of unbranched alkanes of at least 4 members (excludes halogenated alkanes) is 10. The van der Waals surface area contributed by atoms with Gasteiger partial charge in [-0.05, 0) is 41.9 Å². The van der Waals surface area contributed by atoms with E-state index in [4.69, 9.17) is 0 Å². The summed E-state index contributed by atoms with van der Waals surface area (Å²) < 4.78 is 0. The number of thioether (sulfide) groups is 2. The zero-order valence-corrected chi connectivity index (χ0v) is 21.1. The Balaban J connectivity index is 2.33. The molecular formula is C26H46OS2. The first-order chi connectivity index (χ1) is 14.2. The number of benzene rings is 1. The topological polar surface area (TPSA) is 20.2 Å². The zero-order chi connectivity index (χ0) is 21.2. The van der Waals surface area contributed by atoms with Crippen molar-refractivity contribution in [3.05, 3.63) is 28.8 Å². The first kappa shape index (κ1) is 26.8. The molecular weight excluding hydrogens is 392 g/mol. The predicted octanol–water partition coefficient (Wildman–Crippen LogP) is 9.14. The first-order valence-corrected chi connectivity index (χ1v) is 14.5. The lowest BCUT2D eigenvalue weighted by molar-refractivity contribution is 0.464. The third kappa shape index (κ3) is 12.9. The van der Waals surface area contributed by atoms with Crippen LogP contribution in [0.25, 0.3) is 0 Å². The van der Waals surface area contributed by atoms with E-state index in [2.05, 4.69) is 44.7 Å². The zero-order valence-electron chi connectivity index (χ0n) is 19.4. The van der Waals surface area contributed by atoms with Crippen molar-refractivity contribution in [1.29, 1.82) is 0 Å². The number of rotatable bonds is 19. The van der Waals surface area contributed by atoms with Crippen molar-refractivity contribution in [3.63, 3.8) is 0 Å². The van der Waals surface area contributed by atoms with Gasteiger partial charge in [-0.3, -0.25) is 0 Å². The van der Waals surface area contributed by atoms with Crippen LogP contribution >= 0.6 is 23.5 Å². The van der Waals surface area contributed by atoms with E-state index < -0.39 is 0 Å². The summed E-state index contributed by atoms with van der Waals surface area (Å²) in [6, 6.07) is 4.49. The van der Waals surface area contributed by atoms with Crippen LogP contribution in [-0.2, 0) is 17.9 Å². The van der Waals surface area contributed by atoms with E-state index in [1.165, 1.54) is 94.1 Å². The monoisotopic (exact) mass is 438 g/mol. The molecule has 0 aromatic heterocycles. The maximum Gasteiger partial charge on any atom is 0.122 e. The lowest BCUT2D eigenvalue weighted by atomic mass is 10.0. The van der Waals surface area contributed by atoms with E-state index in [-0.39, 0.29) is 0 Å². The Hall–Kier alpha value is -0.280. The number of phenols is 1. The Kier molecular flexibility index (Phi) is 17.1. The van der Waals surface area contributed by atoms with Crippen LogP contribution in [0, 0.1) is 0 Å². The average molecular weight is 439 g/mol. The van der Waals surface area contributed by atoms with Crippen LogP contribution in [0.4, 0.5) is 0 Å². The second kappa shape index (κ2) is 18.5. The minimum atomic E-state index is 0.549. The molecule has 3 heteroatoms. The summed E-state index contributed by atoms with van der Waals surface area (Å²) in [4.78, 5) is 0. The maximum absolute atomic E-state index is 10.6. The van der Waals surface area contributed by atoms with E-state index in [0.717, 1.165) is 29.1 Å². The molecule has 0 bridgehead atoms. The Morgan fingerprint density at radius 1 is 0.621 bits per heavy atom. The highest BCUT2D eigenvalue weighted by Crippen LogP contribution is 2.30. The second-order valence-corrected chi connectivity index (χ2v) is 10.5. The molecule has 1 aromatic rings. The standard InChI is InChI=1S/C26H46OS2/c1-4-7-9-11-13-15-17-28-21-23-19-24(6-3)26(27)25(20-23)22-29-18-16-14-12-10-8-5-2/h19-20,27H,4-18,21-22H2,1-3H3. The van der Waals surface area contributed by atoms with Crippen LogP contribution in [0.1, 0.15) is 115 Å². The smallest absolute Gasteiger partial charge is 0.122 e. The molecule has 1 aromatic carbocycles. The molecule has 0 aliphatic rings. The molecule has 0 saturated carbocycles. The summed E-state index contributed by atoms with van der Waals surface area (Å²) >= 11 is 4.04. The minimum absolute atomic E-state index is 0.549. The predicted molar refractivity (Wildman–Crippen MR) is 137 cm³/mol. The molecule has 0 heterocycles. The molecule has 1 nitrogen and oxygen atoms in total. The summed E-state index contributed by atoms with van der Waals surface area (Å²) in [5.41, 5.74) is 3.67. The van der Waals surface area contributed by atoms with Crippen molar-refractivity contribution in [1.82, 2.24) is 0 Å². The van der Waals surface area contributed by atoms with Crippen molar-refractivity contribution >= 4 is 23.5 Å². The quantitative estimate of drug-likeness (QED) is 0.217. The van der Waals surface area contributed by atoms with Gasteiger partial charge in [0.2, 0.25) is 0 Å². The van der Waals surface area contributed by atoms with E-state index in [1.54, 1.807) is 0 Å². The number of phenolic OH excluding ortho intramolecular Hbond substituents is 1. The van der Waals surface area contributed by atoms with Gasteiger partial charge in [0.25, 0.3) is 0 Å². The molecule has 0 radical (unpaired) electrons. The summed E-state index contributed by atoms with van der Waals surface area (Å²) in [5, 5.41) is 10.6. The largest absolute Gasteiger partial charge is 0.507 e. The van der Waals surface area contributed by atoms with Gasteiger partial charge in [-0.1, -0.05) is 97.1 Å². The average Bonchev–Trinajstić information content (AvgIpc) is 2.73. The van der Waals surface area contributed by atoms with E-state index in [9.17, 15) is 5.11 Å². The summed E-state index contributed by atoms with van der Waals surface area (Å²) in [5.74, 6) is 5.05. The molecule has 29 heavy (non-hydrogen) atoms. The number of hydrogen-bond acceptors (Lipinski definition) is 3. The molecule has 0 amide bonds. The molecule has 168 valence electrons. The van der Waals surface area contributed by atoms with Crippen LogP contribution in [0.3, 0.4) is 0 Å². The Labute approximate surface area is 190 Å². The van der Waals surface area contributed by atoms with Crippen LogP contribution in [0.15, 0.2) is 12.1 Å². The Morgan fingerprint density at radius 3 is 1.66 bits per heavy atom. The normalized spacial score (nSPS) is 11.3. The minimum Gasteiger partial charge on any atom is -0.507 e. The fraction of sp³-hybridized carbons (Fsp3) is 0.769. The number of aryl methyl sites for hydroxylation is 1. The molecule has 0 saturated heterocycles. The summed E-state index contributed by atoms with van der Waals surface area (Å²) in [6.45, 7) is 6.70. The molecule has 0 aliphatic carbocycles. The highest BCUT2D eigenvalue weighted by Gasteiger charge is 2.09. The van der Waals surface area contributed by atoms with Gasteiger partial charge in [0.05, 0.1) is 0 Å². The summed E-state index contributed by atoms with van der Waals surface area (Å²) in [6.07, 6.45) is 17.3. The van der Waals surface area contributed by atoms with Crippen molar-refractivity contribution in [2.24, 2.45) is 0 Å². The molecule has 0 aliphatic heterocycles. The van der Waals surface area contributed by atoms with Crippen molar-refractivity contribution in [2.75, 3.05) is 11.5 Å². The number of hydrogen-bond donors (Lipinski definition) is 1.